The quantitative estimate of drug-likeness (QED) is 0.257. The molecule has 198 valence electrons. The van der Waals surface area contributed by atoms with E-state index in [0.29, 0.717) is 46.2 Å². The molecule has 2 aromatic carbocycles. The summed E-state index contributed by atoms with van der Waals surface area (Å²) in [6.45, 7) is 6.98. The average Bonchev–Trinajstić information content (AvgIpc) is 3.15. The standard InChI is InChI=1S/C28H29Cl3N6O/c1-18(2)7-8-25-33-26(24-17-32-37(27(24)34-25)23-6-3-5-20(29)16-23)35-9-4-10-36(12-11-35)28(38)19-13-21(30)15-22(31)14-19/h3,5-6,13-18H,4,7-12H2,1-2H3. The zero-order valence-electron chi connectivity index (χ0n) is 21.4. The first-order valence-corrected chi connectivity index (χ1v) is 13.9. The van der Waals surface area contributed by atoms with Gasteiger partial charge in [-0.3, -0.25) is 4.79 Å². The van der Waals surface area contributed by atoms with Gasteiger partial charge in [-0.2, -0.15) is 5.10 Å². The lowest BCUT2D eigenvalue weighted by atomic mass is 10.1. The fraction of sp³-hybridized carbons (Fsp3) is 0.357. The molecule has 0 aliphatic carbocycles. The van der Waals surface area contributed by atoms with E-state index in [-0.39, 0.29) is 5.91 Å². The second-order valence-electron chi connectivity index (χ2n) is 9.96. The number of anilines is 1. The molecule has 1 fully saturated rings. The zero-order valence-corrected chi connectivity index (χ0v) is 23.6. The average molecular weight is 572 g/mol. The Morgan fingerprint density at radius 2 is 1.74 bits per heavy atom. The van der Waals surface area contributed by atoms with Gasteiger partial charge in [0, 0.05) is 53.2 Å². The number of fused-ring (bicyclic) bond motifs is 1. The van der Waals surface area contributed by atoms with Crippen LogP contribution in [0.15, 0.2) is 48.7 Å². The molecule has 0 radical (unpaired) electrons. The molecule has 0 bridgehead atoms. The maximum atomic E-state index is 13.2. The van der Waals surface area contributed by atoms with E-state index in [2.05, 4.69) is 23.8 Å². The Kier molecular flexibility index (Phi) is 8.07. The topological polar surface area (TPSA) is 67.2 Å². The lowest BCUT2D eigenvalue weighted by Crippen LogP contribution is -2.35. The number of aromatic nitrogens is 4. The van der Waals surface area contributed by atoms with Crippen molar-refractivity contribution >= 4 is 57.6 Å². The van der Waals surface area contributed by atoms with Crippen LogP contribution in [-0.2, 0) is 6.42 Å². The summed E-state index contributed by atoms with van der Waals surface area (Å²) in [4.78, 5) is 27.3. The van der Waals surface area contributed by atoms with Gasteiger partial charge < -0.3 is 9.80 Å². The highest BCUT2D eigenvalue weighted by Gasteiger charge is 2.24. The van der Waals surface area contributed by atoms with E-state index >= 15 is 0 Å². The molecule has 0 N–H and O–H groups in total. The summed E-state index contributed by atoms with van der Waals surface area (Å²) >= 11 is 18.6. The van der Waals surface area contributed by atoms with Gasteiger partial charge >= 0.3 is 0 Å². The molecule has 1 saturated heterocycles. The van der Waals surface area contributed by atoms with Gasteiger partial charge in [0.2, 0.25) is 0 Å². The molecule has 2 aromatic heterocycles. The Hall–Kier alpha value is -2.87. The van der Waals surface area contributed by atoms with Crippen molar-refractivity contribution in [2.24, 2.45) is 5.92 Å². The molecular weight excluding hydrogens is 543 g/mol. The molecule has 7 nitrogen and oxygen atoms in total. The van der Waals surface area contributed by atoms with Crippen LogP contribution in [0.5, 0.6) is 0 Å². The minimum atomic E-state index is -0.0736. The Morgan fingerprint density at radius 1 is 0.947 bits per heavy atom. The number of hydrogen-bond acceptors (Lipinski definition) is 5. The summed E-state index contributed by atoms with van der Waals surface area (Å²) in [6, 6.07) is 12.5. The molecule has 1 aliphatic rings. The Balaban J connectivity index is 1.46. The van der Waals surface area contributed by atoms with Crippen molar-refractivity contribution in [2.45, 2.75) is 33.1 Å². The largest absolute Gasteiger partial charge is 0.354 e. The maximum Gasteiger partial charge on any atom is 0.254 e. The fourth-order valence-corrected chi connectivity index (χ4v) is 5.41. The molecule has 3 heterocycles. The molecule has 0 spiro atoms. The van der Waals surface area contributed by atoms with E-state index in [0.717, 1.165) is 54.2 Å². The monoisotopic (exact) mass is 570 g/mol. The molecule has 1 amide bonds. The first-order valence-electron chi connectivity index (χ1n) is 12.8. The normalized spacial score (nSPS) is 14.4. The van der Waals surface area contributed by atoms with E-state index in [1.54, 1.807) is 18.2 Å². The fourth-order valence-electron chi connectivity index (χ4n) is 4.70. The highest BCUT2D eigenvalue weighted by Crippen LogP contribution is 2.28. The van der Waals surface area contributed by atoms with Crippen LogP contribution in [0.25, 0.3) is 16.7 Å². The Morgan fingerprint density at radius 3 is 2.47 bits per heavy atom. The highest BCUT2D eigenvalue weighted by atomic mass is 35.5. The van der Waals surface area contributed by atoms with Crippen molar-refractivity contribution in [3.05, 3.63) is 75.1 Å². The number of hydrogen-bond donors (Lipinski definition) is 0. The predicted octanol–water partition coefficient (Wildman–Crippen LogP) is 6.72. The zero-order chi connectivity index (χ0) is 26.8. The molecular formula is C28H29Cl3N6O. The van der Waals surface area contributed by atoms with Crippen LogP contribution >= 0.6 is 34.8 Å². The van der Waals surface area contributed by atoms with Gasteiger partial charge in [-0.05, 0) is 55.2 Å². The van der Waals surface area contributed by atoms with Crippen LogP contribution in [-0.4, -0.2) is 56.7 Å². The second-order valence-corrected chi connectivity index (χ2v) is 11.3. The number of halogens is 3. The third-order valence-electron chi connectivity index (χ3n) is 6.64. The minimum Gasteiger partial charge on any atom is -0.354 e. The smallest absolute Gasteiger partial charge is 0.254 e. The van der Waals surface area contributed by atoms with Crippen molar-refractivity contribution in [3.63, 3.8) is 0 Å². The first-order chi connectivity index (χ1) is 18.3. The van der Waals surface area contributed by atoms with Crippen molar-refractivity contribution in [1.29, 1.82) is 0 Å². The Labute approximate surface area is 237 Å². The number of benzene rings is 2. The molecule has 0 atom stereocenters. The van der Waals surface area contributed by atoms with Gasteiger partial charge in [0.1, 0.15) is 11.6 Å². The SMILES string of the molecule is CC(C)CCc1nc(N2CCCN(C(=O)c3cc(Cl)cc(Cl)c3)CC2)c2cnn(-c3cccc(Cl)c3)c2n1. The van der Waals surface area contributed by atoms with E-state index in [4.69, 9.17) is 44.8 Å². The molecule has 4 aromatic rings. The molecule has 38 heavy (non-hydrogen) atoms. The van der Waals surface area contributed by atoms with Gasteiger partial charge in [-0.1, -0.05) is 54.7 Å². The van der Waals surface area contributed by atoms with E-state index in [1.165, 1.54) is 0 Å². The Bertz CT molecular complexity index is 1450. The molecule has 5 rings (SSSR count). The summed E-state index contributed by atoms with van der Waals surface area (Å²) in [5.41, 5.74) is 2.10. The first kappa shape index (κ1) is 26.7. The van der Waals surface area contributed by atoms with E-state index < -0.39 is 0 Å². The number of amides is 1. The summed E-state index contributed by atoms with van der Waals surface area (Å²) in [5.74, 6) is 2.10. The van der Waals surface area contributed by atoms with Gasteiger partial charge in [0.25, 0.3) is 5.91 Å². The van der Waals surface area contributed by atoms with E-state index in [9.17, 15) is 4.79 Å². The van der Waals surface area contributed by atoms with Crippen LogP contribution < -0.4 is 4.90 Å². The van der Waals surface area contributed by atoms with Crippen LogP contribution in [0.1, 0.15) is 42.9 Å². The van der Waals surface area contributed by atoms with Crippen molar-refractivity contribution in [1.82, 2.24) is 24.6 Å². The molecule has 10 heteroatoms. The third kappa shape index (κ3) is 5.90. The minimum absolute atomic E-state index is 0.0736. The lowest BCUT2D eigenvalue weighted by molar-refractivity contribution is 0.0767. The number of carbonyl (C=O) groups is 1. The number of carbonyl (C=O) groups excluding carboxylic acids is 1. The van der Waals surface area contributed by atoms with Gasteiger partial charge in [-0.25, -0.2) is 14.6 Å². The number of rotatable bonds is 6. The lowest BCUT2D eigenvalue weighted by Gasteiger charge is -2.24. The number of aryl methyl sites for hydroxylation is 1. The predicted molar refractivity (Wildman–Crippen MR) is 154 cm³/mol. The van der Waals surface area contributed by atoms with Gasteiger partial charge in [0.15, 0.2) is 5.65 Å². The van der Waals surface area contributed by atoms with Crippen molar-refractivity contribution in [3.8, 4) is 5.69 Å². The summed E-state index contributed by atoms with van der Waals surface area (Å²) in [5, 5.41) is 7.07. The van der Waals surface area contributed by atoms with Crippen LogP contribution in [0, 0.1) is 5.92 Å². The number of nitrogens with zero attached hydrogens (tertiary/aromatic N) is 6. The van der Waals surface area contributed by atoms with Crippen LogP contribution in [0.4, 0.5) is 5.82 Å². The third-order valence-corrected chi connectivity index (χ3v) is 7.32. The van der Waals surface area contributed by atoms with Crippen LogP contribution in [0.3, 0.4) is 0 Å². The molecule has 1 aliphatic heterocycles. The maximum absolute atomic E-state index is 13.2. The molecule has 0 unspecified atom stereocenters. The highest BCUT2D eigenvalue weighted by molar-refractivity contribution is 6.35. The van der Waals surface area contributed by atoms with E-state index in [1.807, 2.05) is 40.0 Å². The molecule has 0 saturated carbocycles. The second kappa shape index (κ2) is 11.5. The summed E-state index contributed by atoms with van der Waals surface area (Å²) < 4.78 is 1.82. The van der Waals surface area contributed by atoms with Gasteiger partial charge in [0.05, 0.1) is 17.3 Å². The van der Waals surface area contributed by atoms with Crippen molar-refractivity contribution in [2.75, 3.05) is 31.1 Å². The van der Waals surface area contributed by atoms with Crippen LogP contribution in [0.2, 0.25) is 15.1 Å². The van der Waals surface area contributed by atoms with Gasteiger partial charge in [-0.15, -0.1) is 0 Å². The summed E-state index contributed by atoms with van der Waals surface area (Å²) in [7, 11) is 0. The van der Waals surface area contributed by atoms with Crippen molar-refractivity contribution < 1.29 is 4.79 Å². The summed E-state index contributed by atoms with van der Waals surface area (Å²) in [6.07, 6.45) is 4.38.